The van der Waals surface area contributed by atoms with Crippen molar-refractivity contribution in [3.05, 3.63) is 17.5 Å². The van der Waals surface area contributed by atoms with E-state index in [9.17, 15) is 4.79 Å². The van der Waals surface area contributed by atoms with Gasteiger partial charge in [0.15, 0.2) is 0 Å². The zero-order valence-electron chi connectivity index (χ0n) is 8.23. The van der Waals surface area contributed by atoms with Crippen LogP contribution in [0.1, 0.15) is 48.4 Å². The molecule has 14 heavy (non-hydrogen) atoms. The van der Waals surface area contributed by atoms with Crippen LogP contribution in [-0.2, 0) is 6.42 Å². The van der Waals surface area contributed by atoms with Gasteiger partial charge in [-0.2, -0.15) is 5.10 Å². The molecule has 76 valence electrons. The summed E-state index contributed by atoms with van der Waals surface area (Å²) >= 11 is 0. The van der Waals surface area contributed by atoms with E-state index < -0.39 is 5.97 Å². The van der Waals surface area contributed by atoms with Crippen molar-refractivity contribution >= 4 is 5.97 Å². The topological polar surface area (TPSA) is 55.1 Å². The van der Waals surface area contributed by atoms with Crippen LogP contribution in [0.3, 0.4) is 0 Å². The molecule has 1 heterocycles. The van der Waals surface area contributed by atoms with E-state index in [0.29, 0.717) is 11.7 Å². The Bertz CT molecular complexity index is 353. The Morgan fingerprint density at radius 1 is 1.71 bits per heavy atom. The Balaban J connectivity index is 2.30. The van der Waals surface area contributed by atoms with Crippen molar-refractivity contribution in [1.29, 1.82) is 0 Å². The molecule has 1 aliphatic rings. The minimum absolute atomic E-state index is 0.340. The van der Waals surface area contributed by atoms with E-state index in [2.05, 4.69) is 12.0 Å². The minimum atomic E-state index is -0.869. The molecular weight excluding hydrogens is 180 g/mol. The number of hydrogen-bond donors (Lipinski definition) is 1. The molecular formula is C10H14N2O2. The third-order valence-electron chi connectivity index (χ3n) is 2.40. The van der Waals surface area contributed by atoms with Gasteiger partial charge in [0.1, 0.15) is 5.69 Å². The highest BCUT2D eigenvalue weighted by Gasteiger charge is 2.29. The van der Waals surface area contributed by atoms with Crippen molar-refractivity contribution in [2.45, 2.75) is 38.6 Å². The molecule has 1 N–H and O–H groups in total. The van der Waals surface area contributed by atoms with Gasteiger partial charge in [0.2, 0.25) is 0 Å². The van der Waals surface area contributed by atoms with Crippen LogP contribution < -0.4 is 0 Å². The van der Waals surface area contributed by atoms with Crippen LogP contribution in [0.2, 0.25) is 0 Å². The Kier molecular flexibility index (Phi) is 2.27. The van der Waals surface area contributed by atoms with E-state index in [-0.39, 0.29) is 0 Å². The van der Waals surface area contributed by atoms with E-state index in [4.69, 9.17) is 5.11 Å². The molecule has 0 saturated heterocycles. The molecule has 0 bridgehead atoms. The fourth-order valence-corrected chi connectivity index (χ4v) is 1.58. The van der Waals surface area contributed by atoms with Crippen LogP contribution in [0.15, 0.2) is 6.07 Å². The summed E-state index contributed by atoms with van der Waals surface area (Å²) in [5.41, 5.74) is 1.24. The van der Waals surface area contributed by atoms with Crippen molar-refractivity contribution in [1.82, 2.24) is 9.78 Å². The molecule has 1 aromatic rings. The number of carbonyl (C=O) groups is 1. The second-order valence-electron chi connectivity index (χ2n) is 3.75. The largest absolute Gasteiger partial charge is 0.477 e. The zero-order valence-corrected chi connectivity index (χ0v) is 8.23. The molecule has 0 spiro atoms. The molecule has 0 amide bonds. The van der Waals surface area contributed by atoms with Gasteiger partial charge >= 0.3 is 5.97 Å². The summed E-state index contributed by atoms with van der Waals surface area (Å²) in [7, 11) is 0. The summed E-state index contributed by atoms with van der Waals surface area (Å²) in [5, 5.41) is 13.3. The van der Waals surface area contributed by atoms with Gasteiger partial charge < -0.3 is 5.11 Å². The van der Waals surface area contributed by atoms with Gasteiger partial charge in [-0.15, -0.1) is 0 Å². The van der Waals surface area contributed by atoms with Gasteiger partial charge in [0.05, 0.1) is 11.7 Å². The molecule has 0 unspecified atom stereocenters. The summed E-state index contributed by atoms with van der Waals surface area (Å²) in [6, 6.07) is 2.04. The number of hydrogen-bond acceptors (Lipinski definition) is 2. The lowest BCUT2D eigenvalue weighted by atomic mass is 10.2. The fraction of sp³-hybridized carbons (Fsp3) is 0.600. The van der Waals surface area contributed by atoms with E-state index in [1.54, 1.807) is 10.7 Å². The standard InChI is InChI=1S/C10H14N2O2/c1-2-3-7-6-9(10(13)14)12(11-7)8-4-5-8/h6,8H,2-5H2,1H3,(H,13,14). The van der Waals surface area contributed by atoms with Crippen LogP contribution in [0, 0.1) is 0 Å². The lowest BCUT2D eigenvalue weighted by Gasteiger charge is -1.99. The predicted octanol–water partition coefficient (Wildman–Crippen LogP) is 1.87. The summed E-state index contributed by atoms with van der Waals surface area (Å²) < 4.78 is 1.67. The van der Waals surface area contributed by atoms with Gasteiger partial charge in [-0.25, -0.2) is 4.79 Å². The van der Waals surface area contributed by atoms with E-state index >= 15 is 0 Å². The van der Waals surface area contributed by atoms with Gasteiger partial charge in [-0.3, -0.25) is 4.68 Å². The average Bonchev–Trinajstić information content (AvgIpc) is 2.88. The minimum Gasteiger partial charge on any atom is -0.477 e. The lowest BCUT2D eigenvalue weighted by molar-refractivity contribution is 0.0683. The lowest BCUT2D eigenvalue weighted by Crippen LogP contribution is -2.08. The molecule has 1 saturated carbocycles. The van der Waals surface area contributed by atoms with E-state index in [1.807, 2.05) is 0 Å². The maximum absolute atomic E-state index is 10.9. The number of carboxylic acids is 1. The van der Waals surface area contributed by atoms with Crippen molar-refractivity contribution in [2.24, 2.45) is 0 Å². The van der Waals surface area contributed by atoms with Gasteiger partial charge in [-0.05, 0) is 25.3 Å². The molecule has 1 fully saturated rings. The summed E-state index contributed by atoms with van der Waals surface area (Å²) in [6.07, 6.45) is 3.99. The molecule has 0 aromatic carbocycles. The molecule has 1 aliphatic carbocycles. The Labute approximate surface area is 82.5 Å². The van der Waals surface area contributed by atoms with Crippen LogP contribution in [0.4, 0.5) is 0 Å². The van der Waals surface area contributed by atoms with Crippen molar-refractivity contribution in [3.8, 4) is 0 Å². The van der Waals surface area contributed by atoms with Crippen LogP contribution in [0.5, 0.6) is 0 Å². The molecule has 2 rings (SSSR count). The third kappa shape index (κ3) is 1.64. The predicted molar refractivity (Wildman–Crippen MR) is 51.5 cm³/mol. The monoisotopic (exact) mass is 194 g/mol. The Morgan fingerprint density at radius 3 is 2.93 bits per heavy atom. The maximum Gasteiger partial charge on any atom is 0.354 e. The summed E-state index contributed by atoms with van der Waals surface area (Å²) in [5.74, 6) is -0.869. The second kappa shape index (κ2) is 3.44. The summed E-state index contributed by atoms with van der Waals surface area (Å²) in [6.45, 7) is 2.07. The van der Waals surface area contributed by atoms with Crippen molar-refractivity contribution < 1.29 is 9.90 Å². The SMILES string of the molecule is CCCc1cc(C(=O)O)n(C2CC2)n1. The highest BCUT2D eigenvalue weighted by atomic mass is 16.4. The smallest absolute Gasteiger partial charge is 0.354 e. The van der Waals surface area contributed by atoms with Gasteiger partial charge in [0, 0.05) is 0 Å². The number of rotatable bonds is 4. The Morgan fingerprint density at radius 2 is 2.43 bits per heavy atom. The molecule has 0 atom stereocenters. The number of aromatic nitrogens is 2. The highest BCUT2D eigenvalue weighted by Crippen LogP contribution is 2.35. The molecule has 4 nitrogen and oxygen atoms in total. The molecule has 0 aliphatic heterocycles. The summed E-state index contributed by atoms with van der Waals surface area (Å²) in [4.78, 5) is 10.9. The highest BCUT2D eigenvalue weighted by molar-refractivity contribution is 5.85. The average molecular weight is 194 g/mol. The number of aryl methyl sites for hydroxylation is 1. The fourth-order valence-electron chi connectivity index (χ4n) is 1.58. The first kappa shape index (κ1) is 9.24. The third-order valence-corrected chi connectivity index (χ3v) is 2.40. The van der Waals surface area contributed by atoms with E-state index in [1.165, 1.54) is 0 Å². The van der Waals surface area contributed by atoms with Crippen LogP contribution in [0.25, 0.3) is 0 Å². The first-order valence-corrected chi connectivity index (χ1v) is 5.04. The van der Waals surface area contributed by atoms with Gasteiger partial charge in [-0.1, -0.05) is 13.3 Å². The first-order chi connectivity index (χ1) is 6.72. The number of carboxylic acid groups (broad SMARTS) is 1. The van der Waals surface area contributed by atoms with Crippen LogP contribution in [-0.4, -0.2) is 20.9 Å². The number of aromatic carboxylic acids is 1. The Hall–Kier alpha value is -1.32. The first-order valence-electron chi connectivity index (χ1n) is 5.04. The van der Waals surface area contributed by atoms with Crippen molar-refractivity contribution in [2.75, 3.05) is 0 Å². The zero-order chi connectivity index (χ0) is 10.1. The maximum atomic E-state index is 10.9. The quantitative estimate of drug-likeness (QED) is 0.796. The van der Waals surface area contributed by atoms with Crippen LogP contribution >= 0.6 is 0 Å². The molecule has 1 aromatic heterocycles. The van der Waals surface area contributed by atoms with Crippen molar-refractivity contribution in [3.63, 3.8) is 0 Å². The number of nitrogens with zero attached hydrogens (tertiary/aromatic N) is 2. The van der Waals surface area contributed by atoms with E-state index in [0.717, 1.165) is 31.4 Å². The molecule has 0 radical (unpaired) electrons. The second-order valence-corrected chi connectivity index (χ2v) is 3.75. The molecule has 4 heteroatoms. The normalized spacial score (nSPS) is 15.8. The van der Waals surface area contributed by atoms with Gasteiger partial charge in [0.25, 0.3) is 0 Å².